The topological polar surface area (TPSA) is 65.4 Å². The van der Waals surface area contributed by atoms with Crippen LogP contribution in [0.2, 0.25) is 0 Å². The Balaban J connectivity index is 1.71. The molecule has 1 aromatic heterocycles. The van der Waals surface area contributed by atoms with Crippen molar-refractivity contribution in [2.24, 2.45) is 18.9 Å². The van der Waals surface area contributed by atoms with Crippen LogP contribution in [0.1, 0.15) is 32.5 Å². The van der Waals surface area contributed by atoms with E-state index in [0.29, 0.717) is 12.5 Å². The van der Waals surface area contributed by atoms with E-state index >= 15 is 0 Å². The zero-order valence-corrected chi connectivity index (χ0v) is 15.4. The monoisotopic (exact) mass is 345 g/mol. The van der Waals surface area contributed by atoms with Gasteiger partial charge in [0.1, 0.15) is 11.6 Å². The number of methoxy groups -OCH3 is 1. The Hall–Kier alpha value is -2.08. The highest BCUT2D eigenvalue weighted by atomic mass is 16.5. The van der Waals surface area contributed by atoms with Crippen LogP contribution in [0.3, 0.4) is 0 Å². The van der Waals surface area contributed by atoms with Gasteiger partial charge in [-0.25, -0.2) is 4.98 Å². The molecule has 0 saturated carbocycles. The molecule has 1 aliphatic rings. The summed E-state index contributed by atoms with van der Waals surface area (Å²) in [5.41, 5.74) is 1.89. The molecule has 1 N–H and O–H groups in total. The third-order valence-electron chi connectivity index (χ3n) is 4.96. The number of fused-ring (bicyclic) bond motifs is 1. The Morgan fingerprint density at radius 1 is 1.48 bits per heavy atom. The van der Waals surface area contributed by atoms with E-state index in [2.05, 4.69) is 24.1 Å². The number of benzene rings is 1. The number of hydrogen-bond donors (Lipinski definition) is 1. The first-order valence-corrected chi connectivity index (χ1v) is 8.90. The fourth-order valence-electron chi connectivity index (χ4n) is 3.55. The van der Waals surface area contributed by atoms with Gasteiger partial charge in [0.25, 0.3) is 0 Å². The van der Waals surface area contributed by atoms with Crippen molar-refractivity contribution in [3.8, 4) is 5.75 Å². The van der Waals surface area contributed by atoms with Gasteiger partial charge in [0, 0.05) is 19.7 Å². The van der Waals surface area contributed by atoms with Crippen LogP contribution in [0, 0.1) is 11.8 Å². The van der Waals surface area contributed by atoms with Crippen molar-refractivity contribution >= 4 is 16.9 Å². The molecule has 0 spiro atoms. The predicted octanol–water partition coefficient (Wildman–Crippen LogP) is 2.65. The molecule has 6 nitrogen and oxygen atoms in total. The third-order valence-corrected chi connectivity index (χ3v) is 4.96. The second-order valence-corrected chi connectivity index (χ2v) is 6.99. The van der Waals surface area contributed by atoms with Gasteiger partial charge in [0.05, 0.1) is 36.7 Å². The maximum absolute atomic E-state index is 12.7. The lowest BCUT2D eigenvalue weighted by molar-refractivity contribution is -0.137. The second-order valence-electron chi connectivity index (χ2n) is 6.99. The van der Waals surface area contributed by atoms with Crippen molar-refractivity contribution in [3.63, 3.8) is 0 Å². The number of amides is 1. The maximum atomic E-state index is 12.7. The van der Waals surface area contributed by atoms with Crippen LogP contribution in [0.5, 0.6) is 5.75 Å². The summed E-state index contributed by atoms with van der Waals surface area (Å²) in [5.74, 6) is 1.92. The zero-order chi connectivity index (χ0) is 18.0. The van der Waals surface area contributed by atoms with E-state index < -0.39 is 0 Å². The highest BCUT2D eigenvalue weighted by Crippen LogP contribution is 2.27. The molecule has 1 saturated heterocycles. The number of carbonyl (C=O) groups is 1. The molecule has 25 heavy (non-hydrogen) atoms. The van der Waals surface area contributed by atoms with E-state index in [-0.39, 0.29) is 17.9 Å². The lowest BCUT2D eigenvalue weighted by Crippen LogP contribution is -2.43. The number of hydrogen-bond acceptors (Lipinski definition) is 4. The fraction of sp³-hybridized carbons (Fsp3) is 0.579. The standard InChI is InChI=1S/C19H27N3O3/c1-12(2)18-14(6-5-9-25-18)19(23)20-11-17-21-15-10-13(24-4)7-8-16(15)22(17)3/h7-8,10,12,14,18H,5-6,9,11H2,1-4H3,(H,20,23)/t14-,18+/m1/s1. The lowest BCUT2D eigenvalue weighted by atomic mass is 9.87. The van der Waals surface area contributed by atoms with Gasteiger partial charge < -0.3 is 19.4 Å². The molecule has 3 rings (SSSR count). The maximum Gasteiger partial charge on any atom is 0.226 e. The van der Waals surface area contributed by atoms with Crippen LogP contribution in [-0.4, -0.2) is 35.3 Å². The van der Waals surface area contributed by atoms with Gasteiger partial charge in [0.15, 0.2) is 0 Å². The molecule has 1 fully saturated rings. The van der Waals surface area contributed by atoms with Crippen molar-refractivity contribution in [2.75, 3.05) is 13.7 Å². The fourth-order valence-corrected chi connectivity index (χ4v) is 3.55. The van der Waals surface area contributed by atoms with Gasteiger partial charge in [0.2, 0.25) is 5.91 Å². The normalized spacial score (nSPS) is 20.8. The van der Waals surface area contributed by atoms with Crippen molar-refractivity contribution in [3.05, 3.63) is 24.0 Å². The number of rotatable bonds is 5. The van der Waals surface area contributed by atoms with Gasteiger partial charge in [-0.05, 0) is 30.9 Å². The number of aryl methyl sites for hydroxylation is 1. The summed E-state index contributed by atoms with van der Waals surface area (Å²) in [6.45, 7) is 5.37. The van der Waals surface area contributed by atoms with Crippen LogP contribution in [-0.2, 0) is 23.1 Å². The average molecular weight is 345 g/mol. The smallest absolute Gasteiger partial charge is 0.226 e. The van der Waals surface area contributed by atoms with Crippen molar-refractivity contribution in [1.82, 2.24) is 14.9 Å². The number of ether oxygens (including phenoxy) is 2. The molecule has 0 aliphatic carbocycles. The van der Waals surface area contributed by atoms with E-state index in [9.17, 15) is 4.79 Å². The van der Waals surface area contributed by atoms with Crippen molar-refractivity contribution in [2.45, 2.75) is 39.3 Å². The summed E-state index contributed by atoms with van der Waals surface area (Å²) in [7, 11) is 3.60. The highest BCUT2D eigenvalue weighted by molar-refractivity contribution is 5.80. The Morgan fingerprint density at radius 3 is 3.00 bits per heavy atom. The molecular formula is C19H27N3O3. The van der Waals surface area contributed by atoms with Gasteiger partial charge in [-0.3, -0.25) is 4.79 Å². The molecular weight excluding hydrogens is 318 g/mol. The first-order chi connectivity index (χ1) is 12.0. The minimum atomic E-state index is -0.0801. The zero-order valence-electron chi connectivity index (χ0n) is 15.4. The molecule has 1 amide bonds. The molecule has 1 aliphatic heterocycles. The van der Waals surface area contributed by atoms with E-state index in [0.717, 1.165) is 42.1 Å². The van der Waals surface area contributed by atoms with Crippen LogP contribution in [0.25, 0.3) is 11.0 Å². The number of nitrogens with one attached hydrogen (secondary N) is 1. The van der Waals surface area contributed by atoms with E-state index in [4.69, 9.17) is 9.47 Å². The molecule has 0 radical (unpaired) electrons. The molecule has 1 aromatic carbocycles. The second kappa shape index (κ2) is 7.44. The van der Waals surface area contributed by atoms with Gasteiger partial charge in [-0.15, -0.1) is 0 Å². The molecule has 0 bridgehead atoms. The van der Waals surface area contributed by atoms with E-state index in [1.54, 1.807) is 7.11 Å². The quantitative estimate of drug-likeness (QED) is 0.905. The first kappa shape index (κ1) is 17.7. The molecule has 136 valence electrons. The SMILES string of the molecule is COc1ccc2c(c1)nc(CNC(=O)[C@@H]1CCCO[C@H]1C(C)C)n2C. The summed E-state index contributed by atoms with van der Waals surface area (Å²) in [5, 5.41) is 3.05. The van der Waals surface area contributed by atoms with E-state index in [1.807, 2.05) is 29.8 Å². The third kappa shape index (κ3) is 3.63. The number of aromatic nitrogens is 2. The number of carbonyl (C=O) groups excluding carboxylic acids is 1. The largest absolute Gasteiger partial charge is 0.497 e. The summed E-state index contributed by atoms with van der Waals surface area (Å²) in [6, 6.07) is 5.81. The minimum Gasteiger partial charge on any atom is -0.497 e. The molecule has 2 heterocycles. The molecule has 0 unspecified atom stereocenters. The van der Waals surface area contributed by atoms with Gasteiger partial charge in [-0.1, -0.05) is 13.8 Å². The summed E-state index contributed by atoms with van der Waals surface area (Å²) in [6.07, 6.45) is 1.82. The first-order valence-electron chi connectivity index (χ1n) is 8.90. The molecule has 2 atom stereocenters. The minimum absolute atomic E-state index is 0.00143. The Kier molecular flexibility index (Phi) is 5.27. The molecule has 6 heteroatoms. The summed E-state index contributed by atoms with van der Waals surface area (Å²) < 4.78 is 13.1. The number of nitrogens with zero attached hydrogens (tertiary/aromatic N) is 2. The van der Waals surface area contributed by atoms with E-state index in [1.165, 1.54) is 0 Å². The molecule has 2 aromatic rings. The van der Waals surface area contributed by atoms with Crippen LogP contribution >= 0.6 is 0 Å². The Morgan fingerprint density at radius 2 is 2.28 bits per heavy atom. The van der Waals surface area contributed by atoms with Crippen LogP contribution in [0.15, 0.2) is 18.2 Å². The van der Waals surface area contributed by atoms with Crippen molar-refractivity contribution < 1.29 is 14.3 Å². The number of imidazole rings is 1. The average Bonchev–Trinajstić information content (AvgIpc) is 2.94. The van der Waals surface area contributed by atoms with Gasteiger partial charge in [-0.2, -0.15) is 0 Å². The Bertz CT molecular complexity index is 754. The lowest BCUT2D eigenvalue weighted by Gasteiger charge is -2.33. The Labute approximate surface area is 148 Å². The summed E-state index contributed by atoms with van der Waals surface area (Å²) >= 11 is 0. The van der Waals surface area contributed by atoms with Crippen LogP contribution in [0.4, 0.5) is 0 Å². The van der Waals surface area contributed by atoms with Crippen molar-refractivity contribution in [1.29, 1.82) is 0 Å². The van der Waals surface area contributed by atoms with Gasteiger partial charge >= 0.3 is 0 Å². The van der Waals surface area contributed by atoms with Crippen LogP contribution < -0.4 is 10.1 Å². The highest BCUT2D eigenvalue weighted by Gasteiger charge is 2.33. The predicted molar refractivity (Wildman–Crippen MR) is 96.4 cm³/mol. The summed E-state index contributed by atoms with van der Waals surface area (Å²) in [4.78, 5) is 17.3.